The second-order valence-corrected chi connectivity index (χ2v) is 10.2. The van der Waals surface area contributed by atoms with Crippen LogP contribution in [-0.2, 0) is 27.7 Å². The van der Waals surface area contributed by atoms with Gasteiger partial charge in [-0.2, -0.15) is 13.2 Å². The SMILES string of the molecule is CC(=O)C(C)(C)c1ccc(Nc2nc(COCC(C)C)nc3nc(-c4ncccc4C(F)(F)F)ccc23)cc1. The molecule has 204 valence electrons. The van der Waals surface area contributed by atoms with E-state index in [-0.39, 0.29) is 29.4 Å². The van der Waals surface area contributed by atoms with E-state index in [9.17, 15) is 18.0 Å². The van der Waals surface area contributed by atoms with Gasteiger partial charge in [0.1, 0.15) is 23.9 Å². The van der Waals surface area contributed by atoms with E-state index in [0.29, 0.717) is 35.2 Å². The summed E-state index contributed by atoms with van der Waals surface area (Å²) in [5.41, 5.74) is 0.0615. The van der Waals surface area contributed by atoms with E-state index in [0.717, 1.165) is 11.6 Å². The quantitative estimate of drug-likeness (QED) is 0.249. The van der Waals surface area contributed by atoms with Gasteiger partial charge in [0.2, 0.25) is 0 Å². The summed E-state index contributed by atoms with van der Waals surface area (Å²) in [7, 11) is 0. The van der Waals surface area contributed by atoms with E-state index in [1.807, 2.05) is 52.0 Å². The minimum Gasteiger partial charge on any atom is -0.373 e. The molecule has 0 aliphatic rings. The van der Waals surface area contributed by atoms with Crippen LogP contribution in [0.3, 0.4) is 0 Å². The van der Waals surface area contributed by atoms with Gasteiger partial charge in [0.25, 0.3) is 0 Å². The molecule has 0 saturated heterocycles. The molecule has 0 radical (unpaired) electrons. The largest absolute Gasteiger partial charge is 0.418 e. The zero-order chi connectivity index (χ0) is 28.4. The molecule has 7 nitrogen and oxygen atoms in total. The van der Waals surface area contributed by atoms with Crippen LogP contribution in [0.2, 0.25) is 0 Å². The van der Waals surface area contributed by atoms with Gasteiger partial charge >= 0.3 is 6.18 Å². The number of alkyl halides is 3. The van der Waals surface area contributed by atoms with Gasteiger partial charge in [0, 0.05) is 23.9 Å². The van der Waals surface area contributed by atoms with Crippen LogP contribution in [0.15, 0.2) is 54.7 Å². The summed E-state index contributed by atoms with van der Waals surface area (Å²) in [4.78, 5) is 29.5. The predicted octanol–water partition coefficient (Wildman–Crippen LogP) is 6.89. The number of rotatable bonds is 9. The normalized spacial score (nSPS) is 12.2. The lowest BCUT2D eigenvalue weighted by atomic mass is 9.81. The first-order valence-electron chi connectivity index (χ1n) is 12.5. The molecular weight excluding hydrogens is 507 g/mol. The van der Waals surface area contributed by atoms with Crippen molar-refractivity contribution in [2.45, 2.75) is 52.8 Å². The first-order chi connectivity index (χ1) is 18.4. The van der Waals surface area contributed by atoms with E-state index in [2.05, 4.69) is 25.3 Å². The van der Waals surface area contributed by atoms with Crippen molar-refractivity contribution in [2.75, 3.05) is 11.9 Å². The maximum Gasteiger partial charge on any atom is 0.418 e. The highest BCUT2D eigenvalue weighted by Gasteiger charge is 2.34. The Kier molecular flexibility index (Phi) is 7.96. The number of Topliss-reactive ketones (excluding diaryl/α,β-unsaturated/α-hetero) is 1. The van der Waals surface area contributed by atoms with Gasteiger partial charge in [0.05, 0.1) is 16.6 Å². The van der Waals surface area contributed by atoms with Crippen LogP contribution in [0.4, 0.5) is 24.7 Å². The third-order valence-corrected chi connectivity index (χ3v) is 6.39. The van der Waals surface area contributed by atoms with Crippen molar-refractivity contribution in [3.8, 4) is 11.4 Å². The highest BCUT2D eigenvalue weighted by molar-refractivity contribution is 5.90. The molecule has 1 aromatic carbocycles. The zero-order valence-corrected chi connectivity index (χ0v) is 22.4. The molecule has 0 unspecified atom stereocenters. The zero-order valence-electron chi connectivity index (χ0n) is 22.4. The first-order valence-corrected chi connectivity index (χ1v) is 12.5. The van der Waals surface area contributed by atoms with Crippen molar-refractivity contribution in [2.24, 2.45) is 5.92 Å². The van der Waals surface area contributed by atoms with E-state index in [1.165, 1.54) is 18.3 Å². The van der Waals surface area contributed by atoms with Gasteiger partial charge in [-0.25, -0.2) is 15.0 Å². The summed E-state index contributed by atoms with van der Waals surface area (Å²) in [6.07, 6.45) is -3.29. The third kappa shape index (κ3) is 6.39. The Bertz CT molecular complexity index is 1490. The van der Waals surface area contributed by atoms with E-state index in [4.69, 9.17) is 4.74 Å². The highest BCUT2D eigenvalue weighted by atomic mass is 19.4. The van der Waals surface area contributed by atoms with Gasteiger partial charge in [-0.1, -0.05) is 26.0 Å². The summed E-state index contributed by atoms with van der Waals surface area (Å²) in [6.45, 7) is 9.94. The smallest absolute Gasteiger partial charge is 0.373 e. The molecule has 39 heavy (non-hydrogen) atoms. The van der Waals surface area contributed by atoms with Crippen LogP contribution < -0.4 is 5.32 Å². The van der Waals surface area contributed by atoms with Gasteiger partial charge in [-0.05, 0) is 68.7 Å². The van der Waals surface area contributed by atoms with Crippen molar-refractivity contribution < 1.29 is 22.7 Å². The van der Waals surface area contributed by atoms with Gasteiger partial charge in [-0.15, -0.1) is 0 Å². The molecule has 0 fully saturated rings. The molecule has 3 aromatic heterocycles. The number of hydrogen-bond acceptors (Lipinski definition) is 7. The molecule has 0 spiro atoms. The van der Waals surface area contributed by atoms with E-state index < -0.39 is 17.2 Å². The Morgan fingerprint density at radius 2 is 1.72 bits per heavy atom. The van der Waals surface area contributed by atoms with Crippen LogP contribution in [0.1, 0.15) is 51.6 Å². The number of carbonyl (C=O) groups is 1. The molecule has 10 heteroatoms. The number of nitrogens with one attached hydrogen (secondary N) is 1. The van der Waals surface area contributed by atoms with Gasteiger partial charge < -0.3 is 10.1 Å². The number of halogens is 3. The number of nitrogens with zero attached hydrogens (tertiary/aromatic N) is 4. The van der Waals surface area contributed by atoms with Crippen molar-refractivity contribution in [3.05, 3.63) is 71.7 Å². The Morgan fingerprint density at radius 3 is 2.36 bits per heavy atom. The van der Waals surface area contributed by atoms with Crippen LogP contribution in [-0.4, -0.2) is 32.3 Å². The topological polar surface area (TPSA) is 89.9 Å². The van der Waals surface area contributed by atoms with Crippen LogP contribution in [0.5, 0.6) is 0 Å². The van der Waals surface area contributed by atoms with Crippen LogP contribution in [0.25, 0.3) is 22.4 Å². The van der Waals surface area contributed by atoms with Crippen LogP contribution >= 0.6 is 0 Å². The van der Waals surface area contributed by atoms with Gasteiger partial charge in [-0.3, -0.25) is 9.78 Å². The maximum absolute atomic E-state index is 13.6. The molecule has 0 saturated carbocycles. The summed E-state index contributed by atoms with van der Waals surface area (Å²) in [5.74, 6) is 1.12. The minimum absolute atomic E-state index is 0.0462. The molecule has 4 rings (SSSR count). The number of benzene rings is 1. The van der Waals surface area contributed by atoms with E-state index in [1.54, 1.807) is 13.0 Å². The van der Waals surface area contributed by atoms with Crippen molar-refractivity contribution in [3.63, 3.8) is 0 Å². The molecule has 0 atom stereocenters. The fraction of sp³-hybridized carbons (Fsp3) is 0.345. The second kappa shape index (κ2) is 11.1. The number of anilines is 2. The average Bonchev–Trinajstić information content (AvgIpc) is 2.88. The monoisotopic (exact) mass is 537 g/mol. The maximum atomic E-state index is 13.6. The Morgan fingerprint density at radius 1 is 1.00 bits per heavy atom. The fourth-order valence-electron chi connectivity index (χ4n) is 3.88. The molecule has 0 amide bonds. The number of aromatic nitrogens is 4. The number of fused-ring (bicyclic) bond motifs is 1. The highest BCUT2D eigenvalue weighted by Crippen LogP contribution is 2.36. The molecule has 1 N–H and O–H groups in total. The number of hydrogen-bond donors (Lipinski definition) is 1. The number of ether oxygens (including phenoxy) is 1. The Balaban J connectivity index is 1.76. The molecule has 3 heterocycles. The molecule has 0 aliphatic carbocycles. The summed E-state index contributed by atoms with van der Waals surface area (Å²) < 4.78 is 46.6. The predicted molar refractivity (Wildman–Crippen MR) is 143 cm³/mol. The van der Waals surface area contributed by atoms with Crippen molar-refractivity contribution in [1.29, 1.82) is 0 Å². The lowest BCUT2D eigenvalue weighted by Crippen LogP contribution is -2.26. The number of carbonyl (C=O) groups excluding carboxylic acids is 1. The first kappa shape index (κ1) is 28.1. The molecule has 4 aromatic rings. The summed E-state index contributed by atoms with van der Waals surface area (Å²) in [5, 5.41) is 3.78. The summed E-state index contributed by atoms with van der Waals surface area (Å²) >= 11 is 0. The van der Waals surface area contributed by atoms with Crippen LogP contribution in [0, 0.1) is 5.92 Å². The third-order valence-electron chi connectivity index (χ3n) is 6.39. The average molecular weight is 538 g/mol. The van der Waals surface area contributed by atoms with Gasteiger partial charge in [0.15, 0.2) is 11.5 Å². The van der Waals surface area contributed by atoms with Crippen molar-refractivity contribution in [1.82, 2.24) is 19.9 Å². The Labute approximate surface area is 224 Å². The number of ketones is 1. The minimum atomic E-state index is -4.59. The Hall–Kier alpha value is -3.92. The molecular formula is C29H30F3N5O2. The lowest BCUT2D eigenvalue weighted by molar-refractivity contribution is -0.137. The molecule has 0 aliphatic heterocycles. The van der Waals surface area contributed by atoms with E-state index >= 15 is 0 Å². The standard InChI is InChI=1S/C29H30F3N5O2/c1-17(2)15-39-16-24-36-26(34-20-10-8-19(9-11-20)28(4,5)18(3)38)21-12-13-23(35-27(21)37-24)25-22(29(30,31)32)7-6-14-33-25/h6-14,17H,15-16H2,1-5H3,(H,34,35,36,37). The lowest BCUT2D eigenvalue weighted by Gasteiger charge is -2.22. The fourth-order valence-corrected chi connectivity index (χ4v) is 3.88. The second-order valence-electron chi connectivity index (χ2n) is 10.2. The number of pyridine rings is 2. The summed E-state index contributed by atoms with van der Waals surface area (Å²) in [6, 6.07) is 12.7. The van der Waals surface area contributed by atoms with Crippen molar-refractivity contribution >= 4 is 28.3 Å². The molecule has 0 bridgehead atoms.